The van der Waals surface area contributed by atoms with Crippen molar-refractivity contribution in [1.29, 1.82) is 0 Å². The van der Waals surface area contributed by atoms with Gasteiger partial charge < -0.3 is 26.8 Å². The highest BCUT2D eigenvalue weighted by atomic mass is 16.3. The zero-order valence-corrected chi connectivity index (χ0v) is 20.0. The van der Waals surface area contributed by atoms with E-state index in [0.717, 1.165) is 36.0 Å². The molecule has 0 unspecified atom stereocenters. The van der Waals surface area contributed by atoms with E-state index in [-0.39, 0.29) is 31.4 Å². The van der Waals surface area contributed by atoms with Gasteiger partial charge in [-0.3, -0.25) is 14.6 Å². The van der Waals surface area contributed by atoms with E-state index in [2.05, 4.69) is 15.3 Å². The molecular formula is C26H32N6O3. The predicted octanol–water partition coefficient (Wildman–Crippen LogP) is 2.22. The number of carbonyl (C=O) groups is 2. The first kappa shape index (κ1) is 24.6. The number of pyridine rings is 1. The molecule has 35 heavy (non-hydrogen) atoms. The molecule has 2 heterocycles. The number of carbonyl (C=O) groups excluding carboxylic acids is 2. The Kier molecular flexibility index (Phi) is 7.28. The van der Waals surface area contributed by atoms with E-state index in [1.54, 1.807) is 17.3 Å². The van der Waals surface area contributed by atoms with Gasteiger partial charge in [0.25, 0.3) is 0 Å². The summed E-state index contributed by atoms with van der Waals surface area (Å²) in [6.07, 6.45) is 7.58. The maximum absolute atomic E-state index is 13.2. The van der Waals surface area contributed by atoms with Gasteiger partial charge in [-0.15, -0.1) is 0 Å². The molecule has 1 aromatic carbocycles. The lowest BCUT2D eigenvalue weighted by atomic mass is 9.92. The number of aliphatic imine (C=N–C) groups is 1. The Balaban J connectivity index is 1.60. The third-order valence-electron chi connectivity index (χ3n) is 6.45. The standard InChI is InChI=1S/C26H32N6O3/c1-2-7-32(8-9-33)24(34)19-11-18-3-4-20(13-22(18)31-23(28)12-19)26(5-6-26)25(35)30-21-10-17(14-27)15-29-16-21/h3-4,10-11,13,15-16,33H,2,5-9,12,14,27H2,1H3,(H2,28,31)(H,30,35). The van der Waals surface area contributed by atoms with Crippen LogP contribution in [0.4, 0.5) is 11.4 Å². The van der Waals surface area contributed by atoms with Crippen LogP contribution >= 0.6 is 0 Å². The van der Waals surface area contributed by atoms with Crippen LogP contribution in [0.25, 0.3) is 6.08 Å². The van der Waals surface area contributed by atoms with E-state index >= 15 is 0 Å². The third-order valence-corrected chi connectivity index (χ3v) is 6.45. The van der Waals surface area contributed by atoms with E-state index in [1.807, 2.05) is 37.3 Å². The van der Waals surface area contributed by atoms with Crippen LogP contribution in [0.3, 0.4) is 0 Å². The van der Waals surface area contributed by atoms with Crippen LogP contribution in [-0.4, -0.2) is 52.3 Å². The van der Waals surface area contributed by atoms with Crippen LogP contribution < -0.4 is 16.8 Å². The van der Waals surface area contributed by atoms with E-state index < -0.39 is 5.41 Å². The van der Waals surface area contributed by atoms with E-state index in [0.29, 0.717) is 35.9 Å². The van der Waals surface area contributed by atoms with Crippen LogP contribution in [0.1, 0.15) is 49.3 Å². The van der Waals surface area contributed by atoms with Crippen molar-refractivity contribution in [1.82, 2.24) is 9.88 Å². The smallest absolute Gasteiger partial charge is 0.250 e. The zero-order valence-electron chi connectivity index (χ0n) is 20.0. The number of fused-ring (bicyclic) bond motifs is 1. The molecule has 2 amide bonds. The van der Waals surface area contributed by atoms with E-state index in [9.17, 15) is 14.7 Å². The first-order valence-corrected chi connectivity index (χ1v) is 11.9. The van der Waals surface area contributed by atoms with Gasteiger partial charge >= 0.3 is 0 Å². The Morgan fingerprint density at radius 3 is 2.69 bits per heavy atom. The number of aromatic nitrogens is 1. The summed E-state index contributed by atoms with van der Waals surface area (Å²) in [6.45, 7) is 3.07. The minimum atomic E-state index is -0.633. The highest BCUT2D eigenvalue weighted by molar-refractivity contribution is 6.06. The van der Waals surface area contributed by atoms with Crippen LogP contribution in [-0.2, 0) is 21.5 Å². The molecule has 1 fully saturated rings. The molecule has 1 aromatic heterocycles. The Morgan fingerprint density at radius 1 is 1.20 bits per heavy atom. The minimum Gasteiger partial charge on any atom is -0.395 e. The largest absolute Gasteiger partial charge is 0.395 e. The number of amidine groups is 1. The Hall–Kier alpha value is -3.56. The van der Waals surface area contributed by atoms with E-state index in [1.165, 1.54) is 0 Å². The number of amides is 2. The average molecular weight is 477 g/mol. The van der Waals surface area contributed by atoms with Gasteiger partial charge in [0.2, 0.25) is 11.8 Å². The lowest BCUT2D eigenvalue weighted by Crippen LogP contribution is -2.36. The SMILES string of the molecule is CCCN(CCO)C(=O)C1=Cc2ccc(C3(C(=O)Nc4cncc(CN)c4)CC3)cc2N=C(N)C1. The van der Waals surface area contributed by atoms with Crippen LogP contribution in [0.2, 0.25) is 0 Å². The molecule has 9 heteroatoms. The molecule has 0 radical (unpaired) electrons. The lowest BCUT2D eigenvalue weighted by molar-refractivity contribution is -0.127. The van der Waals surface area contributed by atoms with Gasteiger partial charge in [0.1, 0.15) is 5.84 Å². The molecule has 1 saturated carbocycles. The zero-order chi connectivity index (χ0) is 25.0. The van der Waals surface area contributed by atoms with Crippen molar-refractivity contribution in [2.45, 2.75) is 44.6 Å². The second kappa shape index (κ2) is 10.4. The summed E-state index contributed by atoms with van der Waals surface area (Å²) in [4.78, 5) is 36.7. The normalized spacial score (nSPS) is 15.9. The molecule has 0 atom stereocenters. The number of rotatable bonds is 9. The summed E-state index contributed by atoms with van der Waals surface area (Å²) in [5.74, 6) is 0.0897. The summed E-state index contributed by atoms with van der Waals surface area (Å²) >= 11 is 0. The van der Waals surface area contributed by atoms with Gasteiger partial charge in [-0.2, -0.15) is 0 Å². The van der Waals surface area contributed by atoms with Gasteiger partial charge in [-0.05, 0) is 48.6 Å². The van der Waals surface area contributed by atoms with Crippen LogP contribution in [0.5, 0.6) is 0 Å². The number of hydrogen-bond acceptors (Lipinski definition) is 7. The second-order valence-electron chi connectivity index (χ2n) is 9.06. The van der Waals surface area contributed by atoms with Crippen molar-refractivity contribution >= 4 is 35.1 Å². The highest BCUT2D eigenvalue weighted by Gasteiger charge is 2.51. The molecule has 2 aliphatic rings. The summed E-state index contributed by atoms with van der Waals surface area (Å²) in [5.41, 5.74) is 15.5. The molecular weight excluding hydrogens is 444 g/mol. The lowest BCUT2D eigenvalue weighted by Gasteiger charge is -2.22. The van der Waals surface area contributed by atoms with Crippen molar-refractivity contribution in [2.24, 2.45) is 16.5 Å². The summed E-state index contributed by atoms with van der Waals surface area (Å²) in [6, 6.07) is 7.53. The number of aliphatic hydroxyl groups excluding tert-OH is 1. The molecule has 2 aromatic rings. The van der Waals surface area contributed by atoms with Crippen molar-refractivity contribution < 1.29 is 14.7 Å². The monoisotopic (exact) mass is 476 g/mol. The van der Waals surface area contributed by atoms with Gasteiger partial charge in [0.05, 0.1) is 29.6 Å². The van der Waals surface area contributed by atoms with Crippen molar-refractivity contribution in [2.75, 3.05) is 25.0 Å². The Bertz CT molecular complexity index is 1180. The van der Waals surface area contributed by atoms with Crippen LogP contribution in [0.15, 0.2) is 47.2 Å². The molecule has 0 spiro atoms. The van der Waals surface area contributed by atoms with Crippen molar-refractivity contribution in [3.05, 3.63) is 58.9 Å². The molecule has 6 N–H and O–H groups in total. The minimum absolute atomic E-state index is 0.0929. The van der Waals surface area contributed by atoms with Gasteiger partial charge in [-0.1, -0.05) is 19.1 Å². The molecule has 184 valence electrons. The Morgan fingerprint density at radius 2 is 2.00 bits per heavy atom. The molecule has 1 aliphatic carbocycles. The predicted molar refractivity (Wildman–Crippen MR) is 136 cm³/mol. The molecule has 0 bridgehead atoms. The van der Waals surface area contributed by atoms with Gasteiger partial charge in [-0.25, -0.2) is 4.99 Å². The highest BCUT2D eigenvalue weighted by Crippen LogP contribution is 2.50. The molecule has 4 rings (SSSR count). The van der Waals surface area contributed by atoms with Crippen molar-refractivity contribution in [3.63, 3.8) is 0 Å². The number of anilines is 1. The summed E-state index contributed by atoms with van der Waals surface area (Å²) in [5, 5.41) is 12.3. The third kappa shape index (κ3) is 5.26. The molecule has 9 nitrogen and oxygen atoms in total. The number of nitrogens with two attached hydrogens (primary N) is 2. The fraction of sp³-hybridized carbons (Fsp3) is 0.385. The number of hydrogen-bond donors (Lipinski definition) is 4. The fourth-order valence-corrected chi connectivity index (χ4v) is 4.42. The quantitative estimate of drug-likeness (QED) is 0.436. The number of aliphatic hydroxyl groups is 1. The van der Waals surface area contributed by atoms with Crippen molar-refractivity contribution in [3.8, 4) is 0 Å². The maximum Gasteiger partial charge on any atom is 0.250 e. The second-order valence-corrected chi connectivity index (χ2v) is 9.06. The molecule has 0 saturated heterocycles. The van der Waals surface area contributed by atoms with E-state index in [4.69, 9.17) is 11.5 Å². The topological polar surface area (TPSA) is 147 Å². The van der Waals surface area contributed by atoms with Gasteiger partial charge in [0.15, 0.2) is 0 Å². The first-order valence-electron chi connectivity index (χ1n) is 11.9. The number of benzene rings is 1. The number of nitrogens with one attached hydrogen (secondary N) is 1. The maximum atomic E-state index is 13.2. The van der Waals surface area contributed by atoms with Gasteiger partial charge in [0, 0.05) is 43.4 Å². The van der Waals surface area contributed by atoms with Crippen LogP contribution in [0, 0.1) is 0 Å². The Labute approximate surface area is 204 Å². The molecule has 1 aliphatic heterocycles. The summed E-state index contributed by atoms with van der Waals surface area (Å²) < 4.78 is 0. The average Bonchev–Trinajstić information content (AvgIpc) is 3.67. The summed E-state index contributed by atoms with van der Waals surface area (Å²) in [7, 11) is 0. The first-order chi connectivity index (χ1) is 16.9. The number of nitrogens with zero attached hydrogens (tertiary/aromatic N) is 3. The fourth-order valence-electron chi connectivity index (χ4n) is 4.42.